The Hall–Kier alpha value is -2.95. The molecule has 0 saturated carbocycles. The van der Waals surface area contributed by atoms with Gasteiger partial charge in [0.25, 0.3) is 0 Å². The lowest BCUT2D eigenvalue weighted by Gasteiger charge is -2.09. The van der Waals surface area contributed by atoms with Crippen LogP contribution in [0, 0.1) is 5.82 Å². The van der Waals surface area contributed by atoms with Gasteiger partial charge in [-0.05, 0) is 29.8 Å². The number of carboxylic acids is 1. The van der Waals surface area contributed by atoms with Crippen molar-refractivity contribution in [1.29, 1.82) is 0 Å². The molecule has 0 amide bonds. The zero-order valence-corrected chi connectivity index (χ0v) is 11.6. The highest BCUT2D eigenvalue weighted by molar-refractivity contribution is 5.94. The molecule has 0 atom stereocenters. The molecule has 3 rings (SSSR count). The van der Waals surface area contributed by atoms with Gasteiger partial charge in [0.15, 0.2) is 0 Å². The largest absolute Gasteiger partial charge is 0.478 e. The van der Waals surface area contributed by atoms with Crippen molar-refractivity contribution in [2.45, 2.75) is 6.54 Å². The standard InChI is InChI=1S/C17H13FN2O2/c18-14-8-6-13(7-9-14)16-15(17(21)22)10-19-20(16)11-12-4-2-1-3-5-12/h1-10H,11H2,(H,21,22). The molecule has 0 spiro atoms. The van der Waals surface area contributed by atoms with Crippen LogP contribution in [0.4, 0.5) is 4.39 Å². The molecule has 3 aromatic rings. The number of halogens is 1. The van der Waals surface area contributed by atoms with Gasteiger partial charge in [-0.2, -0.15) is 5.10 Å². The summed E-state index contributed by atoms with van der Waals surface area (Å²) >= 11 is 0. The van der Waals surface area contributed by atoms with E-state index in [2.05, 4.69) is 5.10 Å². The monoisotopic (exact) mass is 296 g/mol. The third-order valence-electron chi connectivity index (χ3n) is 3.36. The summed E-state index contributed by atoms with van der Waals surface area (Å²) in [5.74, 6) is -1.42. The fourth-order valence-electron chi connectivity index (χ4n) is 2.33. The Labute approximate surface area is 126 Å². The summed E-state index contributed by atoms with van der Waals surface area (Å²) < 4.78 is 14.7. The summed E-state index contributed by atoms with van der Waals surface area (Å²) in [5, 5.41) is 13.5. The van der Waals surface area contributed by atoms with Crippen LogP contribution in [-0.2, 0) is 6.54 Å². The fourth-order valence-corrected chi connectivity index (χ4v) is 2.33. The van der Waals surface area contributed by atoms with Crippen LogP contribution in [0.15, 0.2) is 60.8 Å². The maximum Gasteiger partial charge on any atom is 0.339 e. The van der Waals surface area contributed by atoms with E-state index in [1.54, 1.807) is 16.8 Å². The second-order valence-corrected chi connectivity index (χ2v) is 4.86. The molecule has 0 unspecified atom stereocenters. The van der Waals surface area contributed by atoms with Gasteiger partial charge in [-0.1, -0.05) is 30.3 Å². The van der Waals surface area contributed by atoms with E-state index in [1.807, 2.05) is 30.3 Å². The van der Waals surface area contributed by atoms with Crippen molar-refractivity contribution in [3.63, 3.8) is 0 Å². The smallest absolute Gasteiger partial charge is 0.339 e. The molecule has 1 aromatic heterocycles. The first-order valence-corrected chi connectivity index (χ1v) is 6.74. The number of carboxylic acid groups (broad SMARTS) is 1. The van der Waals surface area contributed by atoms with Crippen molar-refractivity contribution in [2.24, 2.45) is 0 Å². The summed E-state index contributed by atoms with van der Waals surface area (Å²) in [4.78, 5) is 11.4. The molecular weight excluding hydrogens is 283 g/mol. The summed E-state index contributed by atoms with van der Waals surface area (Å²) in [5.41, 5.74) is 2.19. The van der Waals surface area contributed by atoms with Crippen molar-refractivity contribution in [1.82, 2.24) is 9.78 Å². The van der Waals surface area contributed by atoms with Crippen LogP contribution in [0.1, 0.15) is 15.9 Å². The van der Waals surface area contributed by atoms with Gasteiger partial charge in [0, 0.05) is 5.56 Å². The first kappa shape index (κ1) is 14.0. The van der Waals surface area contributed by atoms with Gasteiger partial charge in [0.2, 0.25) is 0 Å². The van der Waals surface area contributed by atoms with Crippen LogP contribution in [0.25, 0.3) is 11.3 Å². The molecule has 1 N–H and O–H groups in total. The van der Waals surface area contributed by atoms with Crippen LogP contribution in [-0.4, -0.2) is 20.9 Å². The first-order chi connectivity index (χ1) is 10.6. The van der Waals surface area contributed by atoms with Crippen molar-refractivity contribution in [3.05, 3.63) is 77.7 Å². The summed E-state index contributed by atoms with van der Waals surface area (Å²) in [6.45, 7) is 0.445. The molecule has 0 aliphatic carbocycles. The number of rotatable bonds is 4. The van der Waals surface area contributed by atoms with Crippen LogP contribution in [0.2, 0.25) is 0 Å². The zero-order chi connectivity index (χ0) is 15.5. The molecule has 1 heterocycles. The van der Waals surface area contributed by atoms with E-state index in [9.17, 15) is 14.3 Å². The normalized spacial score (nSPS) is 10.6. The van der Waals surface area contributed by atoms with Crippen LogP contribution in [0.5, 0.6) is 0 Å². The number of aromatic carboxylic acids is 1. The maximum absolute atomic E-state index is 13.1. The van der Waals surface area contributed by atoms with Gasteiger partial charge in [0.1, 0.15) is 11.4 Å². The number of carbonyl (C=O) groups is 1. The van der Waals surface area contributed by atoms with Gasteiger partial charge in [-0.3, -0.25) is 4.68 Å². The lowest BCUT2D eigenvalue weighted by atomic mass is 10.1. The fraction of sp³-hybridized carbons (Fsp3) is 0.0588. The highest BCUT2D eigenvalue weighted by atomic mass is 19.1. The van der Waals surface area contributed by atoms with Crippen molar-refractivity contribution in [3.8, 4) is 11.3 Å². The Balaban J connectivity index is 2.07. The van der Waals surface area contributed by atoms with Gasteiger partial charge in [-0.25, -0.2) is 9.18 Å². The molecule has 0 fully saturated rings. The van der Waals surface area contributed by atoms with Gasteiger partial charge in [-0.15, -0.1) is 0 Å². The molecule has 4 nitrogen and oxygen atoms in total. The summed E-state index contributed by atoms with van der Waals surface area (Å²) in [6, 6.07) is 15.3. The average molecular weight is 296 g/mol. The Kier molecular flexibility index (Phi) is 3.70. The molecule has 0 aliphatic heterocycles. The van der Waals surface area contributed by atoms with Crippen molar-refractivity contribution >= 4 is 5.97 Å². The van der Waals surface area contributed by atoms with E-state index in [0.29, 0.717) is 17.8 Å². The van der Waals surface area contributed by atoms with Crippen LogP contribution < -0.4 is 0 Å². The minimum absolute atomic E-state index is 0.0996. The predicted molar refractivity (Wildman–Crippen MR) is 80.1 cm³/mol. The quantitative estimate of drug-likeness (QED) is 0.802. The van der Waals surface area contributed by atoms with E-state index in [1.165, 1.54) is 18.3 Å². The molecular formula is C17H13FN2O2. The number of hydrogen-bond donors (Lipinski definition) is 1. The van der Waals surface area contributed by atoms with Gasteiger partial charge in [0.05, 0.1) is 18.4 Å². The van der Waals surface area contributed by atoms with Crippen molar-refractivity contribution < 1.29 is 14.3 Å². The Bertz CT molecular complexity index is 795. The highest BCUT2D eigenvalue weighted by Crippen LogP contribution is 2.25. The molecule has 2 aromatic carbocycles. The Morgan fingerprint density at radius 2 is 1.77 bits per heavy atom. The average Bonchev–Trinajstić information content (AvgIpc) is 2.93. The molecule has 22 heavy (non-hydrogen) atoms. The Morgan fingerprint density at radius 1 is 1.09 bits per heavy atom. The van der Waals surface area contributed by atoms with E-state index in [0.717, 1.165) is 5.56 Å². The number of hydrogen-bond acceptors (Lipinski definition) is 2. The predicted octanol–water partition coefficient (Wildman–Crippen LogP) is 3.44. The van der Waals surface area contributed by atoms with Gasteiger partial charge >= 0.3 is 5.97 Å². The maximum atomic E-state index is 13.1. The third-order valence-corrected chi connectivity index (χ3v) is 3.36. The molecule has 0 bridgehead atoms. The lowest BCUT2D eigenvalue weighted by Crippen LogP contribution is -2.06. The molecule has 0 saturated heterocycles. The SMILES string of the molecule is O=C(O)c1cnn(Cc2ccccc2)c1-c1ccc(F)cc1. The summed E-state index contributed by atoms with van der Waals surface area (Å²) in [6.07, 6.45) is 1.32. The lowest BCUT2D eigenvalue weighted by molar-refractivity contribution is 0.0697. The van der Waals surface area contributed by atoms with Crippen LogP contribution >= 0.6 is 0 Å². The number of aromatic nitrogens is 2. The minimum atomic E-state index is -1.06. The first-order valence-electron chi connectivity index (χ1n) is 6.74. The van der Waals surface area contributed by atoms with Crippen LogP contribution in [0.3, 0.4) is 0 Å². The number of nitrogens with zero attached hydrogens (tertiary/aromatic N) is 2. The minimum Gasteiger partial charge on any atom is -0.478 e. The van der Waals surface area contributed by atoms with Gasteiger partial charge < -0.3 is 5.11 Å². The molecule has 0 radical (unpaired) electrons. The van der Waals surface area contributed by atoms with E-state index in [4.69, 9.17) is 0 Å². The van der Waals surface area contributed by atoms with E-state index >= 15 is 0 Å². The second kappa shape index (κ2) is 5.81. The second-order valence-electron chi connectivity index (χ2n) is 4.86. The Morgan fingerprint density at radius 3 is 2.41 bits per heavy atom. The van der Waals surface area contributed by atoms with E-state index in [-0.39, 0.29) is 11.4 Å². The third kappa shape index (κ3) is 2.74. The highest BCUT2D eigenvalue weighted by Gasteiger charge is 2.18. The van der Waals surface area contributed by atoms with Crippen molar-refractivity contribution in [2.75, 3.05) is 0 Å². The number of benzene rings is 2. The molecule has 110 valence electrons. The zero-order valence-electron chi connectivity index (χ0n) is 11.6. The molecule has 0 aliphatic rings. The summed E-state index contributed by atoms with van der Waals surface area (Å²) in [7, 11) is 0. The molecule has 5 heteroatoms. The van der Waals surface area contributed by atoms with E-state index < -0.39 is 5.97 Å². The topological polar surface area (TPSA) is 55.1 Å².